The number of nitrogens with one attached hydrogen (secondary N) is 1. The van der Waals surface area contributed by atoms with Gasteiger partial charge in [-0.2, -0.15) is 0 Å². The van der Waals surface area contributed by atoms with Gasteiger partial charge in [-0.3, -0.25) is 4.79 Å². The second kappa shape index (κ2) is 6.75. The number of nitrogens with zero attached hydrogens (tertiary/aromatic N) is 2. The van der Waals surface area contributed by atoms with Crippen LogP contribution >= 0.6 is 11.5 Å². The smallest absolute Gasteiger partial charge is 0.257 e. The van der Waals surface area contributed by atoms with Gasteiger partial charge in [0.15, 0.2) is 0 Å². The van der Waals surface area contributed by atoms with Crippen LogP contribution < -0.4 is 5.32 Å². The first-order valence-electron chi connectivity index (χ1n) is 5.68. The predicted molar refractivity (Wildman–Crippen MR) is 72.8 cm³/mol. The molecule has 5 nitrogen and oxygen atoms in total. The van der Waals surface area contributed by atoms with E-state index in [0.717, 1.165) is 17.6 Å². The second-order valence-corrected chi connectivity index (χ2v) is 4.49. The molecule has 0 spiro atoms. The normalized spacial score (nSPS) is 9.70. The average molecular weight is 291 g/mol. The third-order valence-electron chi connectivity index (χ3n) is 2.28. The van der Waals surface area contributed by atoms with Crippen LogP contribution in [0.15, 0.2) is 24.4 Å². The summed E-state index contributed by atoms with van der Waals surface area (Å²) in [7, 11) is 0. The molecule has 0 saturated carbocycles. The number of aliphatic hydroxyl groups excluding tert-OH is 1. The first kappa shape index (κ1) is 14.1. The molecule has 2 N–H and O–H groups in total. The van der Waals surface area contributed by atoms with Gasteiger partial charge >= 0.3 is 0 Å². The maximum Gasteiger partial charge on any atom is 0.257 e. The number of carbonyl (C=O) groups excluding carboxylic acids is 1. The highest BCUT2D eigenvalue weighted by molar-refractivity contribution is 7.10. The highest BCUT2D eigenvalue weighted by atomic mass is 32.1. The molecule has 7 heteroatoms. The molecular formula is C13H10FN3O2S. The summed E-state index contributed by atoms with van der Waals surface area (Å²) >= 11 is 1.02. The zero-order valence-corrected chi connectivity index (χ0v) is 11.1. The van der Waals surface area contributed by atoms with Crippen molar-refractivity contribution >= 4 is 22.4 Å². The highest BCUT2D eigenvalue weighted by Gasteiger charge is 2.12. The number of aliphatic hydroxyl groups is 1. The van der Waals surface area contributed by atoms with E-state index in [0.29, 0.717) is 10.6 Å². The minimum Gasteiger partial charge on any atom is -0.395 e. The van der Waals surface area contributed by atoms with Gasteiger partial charge in [-0.25, -0.2) is 4.39 Å². The van der Waals surface area contributed by atoms with Crippen molar-refractivity contribution in [3.63, 3.8) is 0 Å². The van der Waals surface area contributed by atoms with Crippen molar-refractivity contribution < 1.29 is 14.3 Å². The van der Waals surface area contributed by atoms with Crippen LogP contribution in [0.25, 0.3) is 0 Å². The molecule has 0 aliphatic heterocycles. The quantitative estimate of drug-likeness (QED) is 0.843. The summed E-state index contributed by atoms with van der Waals surface area (Å²) < 4.78 is 16.9. The Morgan fingerprint density at radius 1 is 1.50 bits per heavy atom. The lowest BCUT2D eigenvalue weighted by molar-refractivity contribution is 0.102. The van der Waals surface area contributed by atoms with Gasteiger partial charge in [0, 0.05) is 23.5 Å². The number of carbonyl (C=O) groups is 1. The molecule has 1 amide bonds. The Morgan fingerprint density at radius 2 is 2.35 bits per heavy atom. The van der Waals surface area contributed by atoms with Crippen LogP contribution in [-0.4, -0.2) is 27.2 Å². The van der Waals surface area contributed by atoms with Gasteiger partial charge in [-0.1, -0.05) is 16.3 Å². The van der Waals surface area contributed by atoms with Crippen LogP contribution in [0.5, 0.6) is 0 Å². The molecule has 0 aliphatic carbocycles. The molecule has 102 valence electrons. The number of halogens is 1. The predicted octanol–water partition coefficient (Wildman–Crippen LogP) is 1.66. The monoisotopic (exact) mass is 291 g/mol. The number of anilines is 1. The van der Waals surface area contributed by atoms with E-state index >= 15 is 0 Å². The molecule has 0 aliphatic rings. The summed E-state index contributed by atoms with van der Waals surface area (Å²) in [6.07, 6.45) is 1.69. The number of benzene rings is 1. The summed E-state index contributed by atoms with van der Waals surface area (Å²) in [6.45, 7) is -0.0672. The summed E-state index contributed by atoms with van der Waals surface area (Å²) in [5.74, 6) is 4.43. The Kier molecular flexibility index (Phi) is 4.76. The molecule has 1 aromatic carbocycles. The van der Waals surface area contributed by atoms with Gasteiger partial charge in [0.2, 0.25) is 0 Å². The maximum absolute atomic E-state index is 13.3. The van der Waals surface area contributed by atoms with Crippen molar-refractivity contribution in [2.45, 2.75) is 6.42 Å². The van der Waals surface area contributed by atoms with Crippen molar-refractivity contribution in [2.75, 3.05) is 11.9 Å². The topological polar surface area (TPSA) is 75.1 Å². The largest absolute Gasteiger partial charge is 0.395 e. The number of amides is 1. The number of hydrogen-bond acceptors (Lipinski definition) is 5. The van der Waals surface area contributed by atoms with E-state index in [1.807, 2.05) is 0 Å². The SMILES string of the molecule is O=C(Nc1cnns1)c1cc(F)ccc1C#CCCO. The number of rotatable bonds is 3. The highest BCUT2D eigenvalue weighted by Crippen LogP contribution is 2.15. The zero-order valence-electron chi connectivity index (χ0n) is 10.3. The minimum absolute atomic E-state index is 0.0672. The molecule has 0 atom stereocenters. The van der Waals surface area contributed by atoms with E-state index in [2.05, 4.69) is 26.7 Å². The van der Waals surface area contributed by atoms with Crippen molar-refractivity contribution in [3.05, 3.63) is 41.3 Å². The fraction of sp³-hybridized carbons (Fsp3) is 0.154. The molecule has 2 aromatic rings. The third-order valence-corrected chi connectivity index (χ3v) is 2.86. The molecule has 20 heavy (non-hydrogen) atoms. The molecule has 0 radical (unpaired) electrons. The zero-order chi connectivity index (χ0) is 14.4. The second-order valence-electron chi connectivity index (χ2n) is 3.70. The number of hydrogen-bond donors (Lipinski definition) is 2. The van der Waals surface area contributed by atoms with E-state index in [1.165, 1.54) is 18.3 Å². The van der Waals surface area contributed by atoms with Crippen LogP contribution in [-0.2, 0) is 0 Å². The Bertz CT molecular complexity index is 662. The Morgan fingerprint density at radius 3 is 3.05 bits per heavy atom. The average Bonchev–Trinajstić information content (AvgIpc) is 2.93. The molecule has 1 aromatic heterocycles. The molecule has 2 rings (SSSR count). The van der Waals surface area contributed by atoms with Gasteiger partial charge in [-0.05, 0) is 18.2 Å². The summed E-state index contributed by atoms with van der Waals surface area (Å²) in [5, 5.41) is 15.3. The fourth-order valence-corrected chi connectivity index (χ4v) is 1.84. The summed E-state index contributed by atoms with van der Waals surface area (Å²) in [5.41, 5.74) is 0.527. The van der Waals surface area contributed by atoms with E-state index in [9.17, 15) is 9.18 Å². The first-order valence-corrected chi connectivity index (χ1v) is 6.46. The Balaban J connectivity index is 2.27. The van der Waals surface area contributed by atoms with Gasteiger partial charge in [0.05, 0.1) is 18.4 Å². The third kappa shape index (κ3) is 3.60. The minimum atomic E-state index is -0.523. The lowest BCUT2D eigenvalue weighted by Gasteiger charge is -2.04. The van der Waals surface area contributed by atoms with Crippen LogP contribution in [0, 0.1) is 17.7 Å². The molecule has 1 heterocycles. The van der Waals surface area contributed by atoms with Gasteiger partial charge in [0.25, 0.3) is 5.91 Å². The van der Waals surface area contributed by atoms with Crippen molar-refractivity contribution in [1.82, 2.24) is 9.59 Å². The lowest BCUT2D eigenvalue weighted by atomic mass is 10.1. The van der Waals surface area contributed by atoms with Gasteiger partial charge in [0.1, 0.15) is 10.8 Å². The van der Waals surface area contributed by atoms with Crippen LogP contribution in [0.4, 0.5) is 9.39 Å². The maximum atomic E-state index is 13.3. The van der Waals surface area contributed by atoms with Crippen LogP contribution in [0.2, 0.25) is 0 Å². The van der Waals surface area contributed by atoms with E-state index in [-0.39, 0.29) is 18.6 Å². The molecular weight excluding hydrogens is 281 g/mol. The summed E-state index contributed by atoms with van der Waals surface area (Å²) in [4.78, 5) is 12.1. The molecule has 0 bridgehead atoms. The number of aromatic nitrogens is 2. The van der Waals surface area contributed by atoms with Crippen LogP contribution in [0.3, 0.4) is 0 Å². The molecule has 0 unspecified atom stereocenters. The Hall–Kier alpha value is -2.30. The van der Waals surface area contributed by atoms with E-state index in [1.54, 1.807) is 0 Å². The lowest BCUT2D eigenvalue weighted by Crippen LogP contribution is -2.13. The van der Waals surface area contributed by atoms with E-state index in [4.69, 9.17) is 5.11 Å². The van der Waals surface area contributed by atoms with Crippen LogP contribution in [0.1, 0.15) is 22.3 Å². The Labute approximate surface area is 118 Å². The molecule has 0 saturated heterocycles. The fourth-order valence-electron chi connectivity index (χ4n) is 1.43. The molecule has 0 fully saturated rings. The van der Waals surface area contributed by atoms with E-state index < -0.39 is 11.7 Å². The van der Waals surface area contributed by atoms with Crippen molar-refractivity contribution in [2.24, 2.45) is 0 Å². The van der Waals surface area contributed by atoms with Gasteiger partial charge < -0.3 is 10.4 Å². The summed E-state index contributed by atoms with van der Waals surface area (Å²) in [6, 6.07) is 3.78. The first-order chi connectivity index (χ1) is 9.70. The van der Waals surface area contributed by atoms with Gasteiger partial charge in [-0.15, -0.1) is 5.10 Å². The standard InChI is InChI=1S/C13H10FN3O2S/c14-10-5-4-9(3-1-2-6-18)11(7-10)13(19)16-12-8-15-17-20-12/h4-5,7-8,18H,2,6H2,(H,16,19). The van der Waals surface area contributed by atoms with Crippen molar-refractivity contribution in [3.8, 4) is 11.8 Å². The van der Waals surface area contributed by atoms with Crippen molar-refractivity contribution in [1.29, 1.82) is 0 Å².